The highest BCUT2D eigenvalue weighted by atomic mass is 16.5. The first-order chi connectivity index (χ1) is 12.5. The van der Waals surface area contributed by atoms with Gasteiger partial charge < -0.3 is 24.9 Å². The van der Waals surface area contributed by atoms with Gasteiger partial charge in [0.05, 0.1) is 11.8 Å². The van der Waals surface area contributed by atoms with Crippen LogP contribution in [0.4, 0.5) is 0 Å². The third kappa shape index (κ3) is 5.97. The number of hydrogen-bond donors (Lipinski definition) is 3. The van der Waals surface area contributed by atoms with Crippen LogP contribution in [0.5, 0.6) is 5.75 Å². The summed E-state index contributed by atoms with van der Waals surface area (Å²) in [5.74, 6) is -1.23. The predicted molar refractivity (Wildman–Crippen MR) is 91.9 cm³/mol. The van der Waals surface area contributed by atoms with Crippen LogP contribution in [0.3, 0.4) is 0 Å². The van der Waals surface area contributed by atoms with Gasteiger partial charge >= 0.3 is 5.97 Å². The smallest absolute Gasteiger partial charge is 0.341 e. The number of aliphatic carboxylic acids is 1. The summed E-state index contributed by atoms with van der Waals surface area (Å²) in [5, 5.41) is 13.9. The zero-order valence-electron chi connectivity index (χ0n) is 14.2. The van der Waals surface area contributed by atoms with Crippen LogP contribution in [-0.2, 0) is 16.0 Å². The molecule has 3 N–H and O–H groups in total. The summed E-state index contributed by atoms with van der Waals surface area (Å²) in [4.78, 5) is 34.3. The number of hydrogen-bond acceptors (Lipinski definition) is 5. The minimum Gasteiger partial charge on any atom is -0.482 e. The van der Waals surface area contributed by atoms with E-state index in [0.717, 1.165) is 5.56 Å². The van der Waals surface area contributed by atoms with Gasteiger partial charge in [-0.05, 0) is 37.1 Å². The van der Waals surface area contributed by atoms with E-state index in [-0.39, 0.29) is 11.8 Å². The maximum Gasteiger partial charge on any atom is 0.341 e. The molecule has 0 spiro atoms. The number of nitrogens with one attached hydrogen (secondary N) is 2. The van der Waals surface area contributed by atoms with E-state index in [4.69, 9.17) is 14.3 Å². The Morgan fingerprint density at radius 1 is 1.19 bits per heavy atom. The molecular weight excluding hydrogens is 340 g/mol. The van der Waals surface area contributed by atoms with E-state index in [1.807, 2.05) is 0 Å². The molecule has 1 aromatic carbocycles. The maximum absolute atomic E-state index is 12.0. The quantitative estimate of drug-likeness (QED) is 0.619. The highest BCUT2D eigenvalue weighted by molar-refractivity contribution is 5.97. The molecule has 0 aliphatic rings. The van der Waals surface area contributed by atoms with Gasteiger partial charge in [-0.2, -0.15) is 0 Å². The Morgan fingerprint density at radius 2 is 1.92 bits per heavy atom. The lowest BCUT2D eigenvalue weighted by molar-refractivity contribution is -0.139. The van der Waals surface area contributed by atoms with Crippen LogP contribution in [0.2, 0.25) is 0 Å². The molecule has 1 unspecified atom stereocenters. The van der Waals surface area contributed by atoms with Crippen molar-refractivity contribution in [3.8, 4) is 5.75 Å². The van der Waals surface area contributed by atoms with Gasteiger partial charge in [0.2, 0.25) is 5.91 Å². The van der Waals surface area contributed by atoms with Crippen LogP contribution >= 0.6 is 0 Å². The SMILES string of the molecule is CC(NC(=O)c1ccoc1)C(=O)NCCc1ccc(OCC(=O)O)cc1. The van der Waals surface area contributed by atoms with Crippen molar-refractivity contribution in [2.24, 2.45) is 0 Å². The minimum absolute atomic E-state index is 0.289. The van der Waals surface area contributed by atoms with E-state index in [0.29, 0.717) is 24.3 Å². The number of ether oxygens (including phenoxy) is 1. The van der Waals surface area contributed by atoms with Gasteiger partial charge in [-0.1, -0.05) is 12.1 Å². The van der Waals surface area contributed by atoms with Gasteiger partial charge in [0.25, 0.3) is 5.91 Å². The third-order valence-electron chi connectivity index (χ3n) is 3.52. The monoisotopic (exact) mass is 360 g/mol. The lowest BCUT2D eigenvalue weighted by Crippen LogP contribution is -2.45. The summed E-state index contributed by atoms with van der Waals surface area (Å²) in [5.41, 5.74) is 1.32. The van der Waals surface area contributed by atoms with Crippen LogP contribution in [0.1, 0.15) is 22.8 Å². The predicted octanol–water partition coefficient (Wildman–Crippen LogP) is 1.22. The van der Waals surface area contributed by atoms with Crippen molar-refractivity contribution in [3.05, 3.63) is 54.0 Å². The Morgan fingerprint density at radius 3 is 2.54 bits per heavy atom. The molecule has 138 valence electrons. The van der Waals surface area contributed by atoms with Crippen LogP contribution in [0.15, 0.2) is 47.3 Å². The standard InChI is InChI=1S/C18H20N2O6/c1-12(20-18(24)14-7-9-25-10-14)17(23)19-8-6-13-2-4-15(5-3-13)26-11-16(21)22/h2-5,7,9-10,12H,6,8,11H2,1H3,(H,19,23)(H,20,24)(H,21,22). The number of furan rings is 1. The minimum atomic E-state index is -1.04. The molecule has 1 atom stereocenters. The zero-order valence-corrected chi connectivity index (χ0v) is 14.2. The second kappa shape index (κ2) is 9.26. The molecule has 0 saturated heterocycles. The molecule has 8 heteroatoms. The second-order valence-electron chi connectivity index (χ2n) is 5.57. The van der Waals surface area contributed by atoms with Crippen molar-refractivity contribution in [1.82, 2.24) is 10.6 Å². The Hall–Kier alpha value is -3.29. The van der Waals surface area contributed by atoms with Crippen molar-refractivity contribution < 1.29 is 28.6 Å². The van der Waals surface area contributed by atoms with Crippen molar-refractivity contribution in [1.29, 1.82) is 0 Å². The largest absolute Gasteiger partial charge is 0.482 e. The number of carboxylic acid groups (broad SMARTS) is 1. The number of amides is 2. The number of carboxylic acids is 1. The maximum atomic E-state index is 12.0. The Balaban J connectivity index is 1.72. The average Bonchev–Trinajstić information content (AvgIpc) is 3.15. The average molecular weight is 360 g/mol. The molecule has 1 heterocycles. The first-order valence-electron chi connectivity index (χ1n) is 8.00. The first-order valence-corrected chi connectivity index (χ1v) is 8.00. The summed E-state index contributed by atoms with van der Waals surface area (Å²) < 4.78 is 9.88. The molecular formula is C18H20N2O6. The fourth-order valence-electron chi connectivity index (χ4n) is 2.12. The third-order valence-corrected chi connectivity index (χ3v) is 3.52. The molecule has 0 fully saturated rings. The van der Waals surface area contributed by atoms with Crippen molar-refractivity contribution in [3.63, 3.8) is 0 Å². The van der Waals surface area contributed by atoms with Crippen LogP contribution in [-0.4, -0.2) is 42.1 Å². The van der Waals surface area contributed by atoms with Gasteiger partial charge in [-0.15, -0.1) is 0 Å². The van der Waals surface area contributed by atoms with E-state index in [1.54, 1.807) is 31.2 Å². The van der Waals surface area contributed by atoms with E-state index >= 15 is 0 Å². The Kier molecular flexibility index (Phi) is 6.78. The van der Waals surface area contributed by atoms with Gasteiger partial charge in [-0.3, -0.25) is 9.59 Å². The fourth-order valence-corrected chi connectivity index (χ4v) is 2.12. The molecule has 1 aromatic heterocycles. The van der Waals surface area contributed by atoms with E-state index in [2.05, 4.69) is 10.6 Å². The highest BCUT2D eigenvalue weighted by Gasteiger charge is 2.16. The molecule has 0 saturated carbocycles. The summed E-state index contributed by atoms with van der Waals surface area (Å²) in [6.45, 7) is 1.61. The van der Waals surface area contributed by atoms with Crippen LogP contribution in [0.25, 0.3) is 0 Å². The zero-order chi connectivity index (χ0) is 18.9. The molecule has 2 aromatic rings. The lowest BCUT2D eigenvalue weighted by Gasteiger charge is -2.13. The normalized spacial score (nSPS) is 11.4. The van der Waals surface area contributed by atoms with Crippen LogP contribution < -0.4 is 15.4 Å². The van der Waals surface area contributed by atoms with E-state index in [9.17, 15) is 14.4 Å². The fraction of sp³-hybridized carbons (Fsp3) is 0.278. The Labute approximate surface area is 150 Å². The summed E-state index contributed by atoms with van der Waals surface area (Å²) in [6.07, 6.45) is 3.29. The van der Waals surface area contributed by atoms with Crippen molar-refractivity contribution >= 4 is 17.8 Å². The van der Waals surface area contributed by atoms with Gasteiger partial charge in [-0.25, -0.2) is 4.79 Å². The summed E-state index contributed by atoms with van der Waals surface area (Å²) in [7, 11) is 0. The van der Waals surface area contributed by atoms with Crippen molar-refractivity contribution in [2.45, 2.75) is 19.4 Å². The van der Waals surface area contributed by atoms with Gasteiger partial charge in [0, 0.05) is 6.54 Å². The van der Waals surface area contributed by atoms with Crippen molar-refractivity contribution in [2.75, 3.05) is 13.2 Å². The number of rotatable bonds is 9. The first kappa shape index (κ1) is 19.0. The molecule has 2 rings (SSSR count). The highest BCUT2D eigenvalue weighted by Crippen LogP contribution is 2.12. The molecule has 0 radical (unpaired) electrons. The van der Waals surface area contributed by atoms with Gasteiger partial charge in [0.15, 0.2) is 6.61 Å². The molecule has 0 aliphatic carbocycles. The summed E-state index contributed by atoms with van der Waals surface area (Å²) >= 11 is 0. The number of benzene rings is 1. The molecule has 8 nitrogen and oxygen atoms in total. The number of carbonyl (C=O) groups excluding carboxylic acids is 2. The Bertz CT molecular complexity index is 740. The van der Waals surface area contributed by atoms with E-state index < -0.39 is 18.6 Å². The molecule has 26 heavy (non-hydrogen) atoms. The second-order valence-corrected chi connectivity index (χ2v) is 5.57. The lowest BCUT2D eigenvalue weighted by atomic mass is 10.1. The molecule has 2 amide bonds. The topological polar surface area (TPSA) is 118 Å². The number of carbonyl (C=O) groups is 3. The van der Waals surface area contributed by atoms with Gasteiger partial charge in [0.1, 0.15) is 18.1 Å². The summed E-state index contributed by atoms with van der Waals surface area (Å²) in [6, 6.07) is 7.79. The molecule has 0 aliphatic heterocycles. The van der Waals surface area contributed by atoms with E-state index in [1.165, 1.54) is 18.6 Å². The van der Waals surface area contributed by atoms with Crippen LogP contribution in [0, 0.1) is 0 Å². The molecule has 0 bridgehead atoms.